The van der Waals surface area contributed by atoms with Crippen molar-refractivity contribution in [2.75, 3.05) is 32.7 Å². The largest absolute Gasteiger partial charge is 0.474 e. The number of aromatic nitrogens is 7. The van der Waals surface area contributed by atoms with Crippen LogP contribution in [0.2, 0.25) is 0 Å². The number of aliphatic hydroxyl groups is 1. The van der Waals surface area contributed by atoms with Crippen LogP contribution in [0.25, 0.3) is 22.2 Å². The molecule has 20 nitrogen and oxygen atoms in total. The number of nitrogens with zero attached hydrogens (tertiary/aromatic N) is 6. The first kappa shape index (κ1) is 32.7. The average molecular weight is 690 g/mol. The van der Waals surface area contributed by atoms with Crippen molar-refractivity contribution in [1.82, 2.24) is 34.1 Å². The molecule has 0 spiro atoms. The van der Waals surface area contributed by atoms with Crippen LogP contribution in [0.5, 0.6) is 0 Å². The Morgan fingerprint density at radius 2 is 1.78 bits per heavy atom. The third kappa shape index (κ3) is 6.12. The molecule has 9 atom stereocenters. The number of nitrogen functional groups attached to an aromatic ring is 1. The molecular weight excluding hydrogens is 661 g/mol. The van der Waals surface area contributed by atoms with Crippen LogP contribution in [0.1, 0.15) is 19.4 Å². The molecule has 2 aliphatic rings. The van der Waals surface area contributed by atoms with Crippen molar-refractivity contribution in [2.24, 2.45) is 11.8 Å². The number of aliphatic hydroxyl groups excluding tert-OH is 1. The maximum absolute atomic E-state index is 14.9. The van der Waals surface area contributed by atoms with Crippen LogP contribution in [-0.2, 0) is 36.7 Å². The molecule has 250 valence electrons. The second-order valence-electron chi connectivity index (χ2n) is 10.6. The second kappa shape index (κ2) is 12.4. The topological polar surface area (TPSA) is 271 Å². The minimum Gasteiger partial charge on any atom is -0.386 e. The summed E-state index contributed by atoms with van der Waals surface area (Å²) in [4.78, 5) is 52.1. The summed E-state index contributed by atoms with van der Waals surface area (Å²) >= 11 is 0. The standard InChI is InChI=1S/C23H29FN8O12P2/c1-10-11-4-40-45(35,36)41-6-14(39-2)17(33)23(31-3-12(24)15-19(31)27-8-29-21(15)34)44-46(37,38)42-5-13(11)43-22(10)32-9-30-16-18(25)26-7-28-20(16)32/h3,7-11,13-14,17,22-23,33H,4-6H2,1-2H3,(H,35,36)(H,37,38)(H2,25,26,28)(H,27,29,34)/t10-,11+,13-,14-,17-,22-,23-/m1/s1. The Morgan fingerprint density at radius 1 is 1.04 bits per heavy atom. The van der Waals surface area contributed by atoms with E-state index in [0.29, 0.717) is 17.4 Å². The maximum Gasteiger partial charge on any atom is 0.474 e. The molecule has 4 aromatic heterocycles. The van der Waals surface area contributed by atoms with Crippen molar-refractivity contribution in [3.63, 3.8) is 0 Å². The molecule has 0 amide bonds. The lowest BCUT2D eigenvalue weighted by Crippen LogP contribution is -2.40. The van der Waals surface area contributed by atoms with Gasteiger partial charge >= 0.3 is 15.6 Å². The van der Waals surface area contributed by atoms with Gasteiger partial charge in [0.2, 0.25) is 0 Å². The highest BCUT2D eigenvalue weighted by atomic mass is 31.2. The first-order valence-corrected chi connectivity index (χ1v) is 16.6. The zero-order valence-corrected chi connectivity index (χ0v) is 25.8. The number of anilines is 1. The van der Waals surface area contributed by atoms with E-state index in [1.54, 1.807) is 11.5 Å². The van der Waals surface area contributed by atoms with Crippen LogP contribution in [0.3, 0.4) is 0 Å². The van der Waals surface area contributed by atoms with Crippen molar-refractivity contribution in [3.8, 4) is 0 Å². The SMILES string of the molecule is CO[C@@H]1COP(=O)(O)OC[C@H]2[C@@H](C)[C@H](n3cnc4c(N)ncnc43)O[C@@H]2COP(=O)(O)O[C@@H](n2cc(F)c3c(=O)[nH]cnc32)[C@@H]1O. The molecule has 0 aliphatic carbocycles. The molecule has 0 saturated carbocycles. The Morgan fingerprint density at radius 3 is 2.54 bits per heavy atom. The van der Waals surface area contributed by atoms with Crippen molar-refractivity contribution >= 4 is 43.7 Å². The number of hydrogen-bond donors (Lipinski definition) is 5. The monoisotopic (exact) mass is 690 g/mol. The van der Waals surface area contributed by atoms with Crippen LogP contribution >= 0.6 is 15.6 Å². The summed E-state index contributed by atoms with van der Waals surface area (Å²) < 4.78 is 75.9. The predicted octanol–water partition coefficient (Wildman–Crippen LogP) is 0.591. The van der Waals surface area contributed by atoms with Gasteiger partial charge in [0.25, 0.3) is 5.56 Å². The van der Waals surface area contributed by atoms with Gasteiger partial charge in [0, 0.05) is 25.1 Å². The zero-order chi connectivity index (χ0) is 33.0. The number of rotatable bonds is 3. The molecule has 0 radical (unpaired) electrons. The lowest BCUT2D eigenvalue weighted by molar-refractivity contribution is -0.116. The Bertz CT molecular complexity index is 1910. The summed E-state index contributed by atoms with van der Waals surface area (Å²) in [5, 5.41) is 10.7. The smallest absolute Gasteiger partial charge is 0.386 e. The highest BCUT2D eigenvalue weighted by Gasteiger charge is 2.47. The molecule has 6 heterocycles. The highest BCUT2D eigenvalue weighted by molar-refractivity contribution is 7.47. The van der Waals surface area contributed by atoms with Crippen LogP contribution in [0.15, 0.2) is 30.0 Å². The summed E-state index contributed by atoms with van der Waals surface area (Å²) in [6.07, 6.45) is -3.12. The summed E-state index contributed by atoms with van der Waals surface area (Å²) in [6.45, 7) is -0.123. The molecule has 2 saturated heterocycles. The number of phosphoric acid groups is 2. The fourth-order valence-electron chi connectivity index (χ4n) is 5.48. The minimum absolute atomic E-state index is 0.123. The molecule has 46 heavy (non-hydrogen) atoms. The molecule has 0 aromatic carbocycles. The summed E-state index contributed by atoms with van der Waals surface area (Å²) in [7, 11) is -8.86. The number of nitrogens with one attached hydrogen (secondary N) is 1. The average Bonchev–Trinajstić information content (AvgIpc) is 3.68. The minimum atomic E-state index is -5.15. The highest BCUT2D eigenvalue weighted by Crippen LogP contribution is 2.52. The Balaban J connectivity index is 1.36. The third-order valence-corrected chi connectivity index (χ3v) is 9.78. The van der Waals surface area contributed by atoms with Gasteiger partial charge < -0.3 is 35.1 Å². The molecule has 2 unspecified atom stereocenters. The second-order valence-corrected chi connectivity index (χ2v) is 13.4. The Hall–Kier alpha value is -3.20. The van der Waals surface area contributed by atoms with E-state index >= 15 is 0 Å². The quantitative estimate of drug-likeness (QED) is 0.184. The number of imidazole rings is 1. The van der Waals surface area contributed by atoms with Gasteiger partial charge in [0.1, 0.15) is 35.7 Å². The first-order chi connectivity index (χ1) is 21.8. The summed E-state index contributed by atoms with van der Waals surface area (Å²) in [6, 6.07) is 0. The van der Waals surface area contributed by atoms with E-state index in [4.69, 9.17) is 33.3 Å². The summed E-state index contributed by atoms with van der Waals surface area (Å²) in [5.41, 5.74) is 5.29. The van der Waals surface area contributed by atoms with Gasteiger partial charge in [-0.05, 0) is 0 Å². The van der Waals surface area contributed by atoms with Gasteiger partial charge in [0.15, 0.2) is 29.2 Å². The number of hydrogen-bond acceptors (Lipinski definition) is 15. The molecular formula is C23H29FN8O12P2. The summed E-state index contributed by atoms with van der Waals surface area (Å²) in [5.74, 6) is -2.22. The van der Waals surface area contributed by atoms with Crippen molar-refractivity contribution in [1.29, 1.82) is 0 Å². The van der Waals surface area contributed by atoms with E-state index in [1.165, 1.54) is 12.7 Å². The molecule has 4 aromatic rings. The van der Waals surface area contributed by atoms with Gasteiger partial charge in [-0.25, -0.2) is 33.5 Å². The normalized spacial score (nSPS) is 34.9. The lowest BCUT2D eigenvalue weighted by Gasteiger charge is -2.32. The van der Waals surface area contributed by atoms with Gasteiger partial charge in [-0.3, -0.25) is 32.0 Å². The molecule has 6 N–H and O–H groups in total. The molecule has 6 rings (SSSR count). The number of nitrogens with two attached hydrogens (primary N) is 1. The Kier molecular flexibility index (Phi) is 8.85. The van der Waals surface area contributed by atoms with Crippen LogP contribution in [0.4, 0.5) is 10.2 Å². The van der Waals surface area contributed by atoms with Gasteiger partial charge in [-0.15, -0.1) is 0 Å². The first-order valence-electron chi connectivity index (χ1n) is 13.6. The van der Waals surface area contributed by atoms with E-state index in [1.807, 2.05) is 0 Å². The number of ether oxygens (including phenoxy) is 2. The third-order valence-electron chi connectivity index (χ3n) is 7.87. The Labute approximate surface area is 257 Å². The van der Waals surface area contributed by atoms with Crippen LogP contribution in [0, 0.1) is 17.7 Å². The fourth-order valence-corrected chi connectivity index (χ4v) is 7.15. The number of aromatic amines is 1. The number of fused-ring (bicyclic) bond motifs is 3. The van der Waals surface area contributed by atoms with E-state index in [2.05, 4.69) is 24.9 Å². The van der Waals surface area contributed by atoms with Crippen molar-refractivity contribution in [2.45, 2.75) is 37.7 Å². The van der Waals surface area contributed by atoms with E-state index in [-0.39, 0.29) is 11.5 Å². The number of methoxy groups -OCH3 is 1. The van der Waals surface area contributed by atoms with Gasteiger partial charge in [-0.2, -0.15) is 0 Å². The maximum atomic E-state index is 14.9. The zero-order valence-electron chi connectivity index (χ0n) is 24.0. The van der Waals surface area contributed by atoms with Crippen molar-refractivity contribution in [3.05, 3.63) is 41.3 Å². The molecule has 2 aliphatic heterocycles. The predicted molar refractivity (Wildman–Crippen MR) is 151 cm³/mol. The number of H-pyrrole nitrogens is 1. The fraction of sp³-hybridized carbons (Fsp3) is 0.522. The van der Waals surface area contributed by atoms with E-state index in [0.717, 1.165) is 18.0 Å². The number of phosphoric ester groups is 2. The number of halogens is 1. The van der Waals surface area contributed by atoms with Crippen LogP contribution < -0.4 is 11.3 Å². The molecule has 2 fully saturated rings. The molecule has 0 bridgehead atoms. The lowest BCUT2D eigenvalue weighted by atomic mass is 9.92. The molecule has 23 heteroatoms. The van der Waals surface area contributed by atoms with Gasteiger partial charge in [-0.1, -0.05) is 6.92 Å². The van der Waals surface area contributed by atoms with Gasteiger partial charge in [0.05, 0.1) is 38.6 Å². The van der Waals surface area contributed by atoms with E-state index in [9.17, 15) is 33.2 Å². The van der Waals surface area contributed by atoms with Crippen LogP contribution in [-0.4, -0.2) is 94.2 Å². The van der Waals surface area contributed by atoms with E-state index < -0.39 is 94.8 Å². The van der Waals surface area contributed by atoms with Crippen molar-refractivity contribution < 1.29 is 56.0 Å².